The van der Waals surface area contributed by atoms with Crippen molar-refractivity contribution in [3.63, 3.8) is 0 Å². The van der Waals surface area contributed by atoms with Crippen molar-refractivity contribution < 1.29 is 9.13 Å². The fraction of sp³-hybridized carbons (Fsp3) is 0.400. The zero-order chi connectivity index (χ0) is 10.6. The van der Waals surface area contributed by atoms with Crippen LogP contribution in [0.4, 0.5) is 4.39 Å². The van der Waals surface area contributed by atoms with Gasteiger partial charge < -0.3 is 10.5 Å². The van der Waals surface area contributed by atoms with Gasteiger partial charge in [0.2, 0.25) is 0 Å². The second kappa shape index (κ2) is 5.32. The number of halogens is 2. The number of aryl methyl sites for hydroxylation is 1. The Kier molecular flexibility index (Phi) is 4.35. The Labute approximate surface area is 91.4 Å². The van der Waals surface area contributed by atoms with E-state index in [1.807, 2.05) is 0 Å². The summed E-state index contributed by atoms with van der Waals surface area (Å²) in [7, 11) is 1.53. The molecule has 1 aromatic rings. The van der Waals surface area contributed by atoms with Crippen LogP contribution < -0.4 is 10.5 Å². The molecule has 0 heterocycles. The van der Waals surface area contributed by atoms with Crippen LogP contribution in [0.15, 0.2) is 16.6 Å². The Morgan fingerprint density at radius 2 is 2.21 bits per heavy atom. The molecule has 0 aliphatic heterocycles. The highest BCUT2D eigenvalue weighted by Gasteiger charge is 2.11. The van der Waals surface area contributed by atoms with Gasteiger partial charge in [0.1, 0.15) is 11.6 Å². The number of hydrogen-bond donors (Lipinski definition) is 1. The lowest BCUT2D eigenvalue weighted by molar-refractivity contribution is 0.402. The minimum Gasteiger partial charge on any atom is -0.495 e. The second-order valence-corrected chi connectivity index (χ2v) is 3.74. The molecule has 0 aliphatic rings. The topological polar surface area (TPSA) is 35.2 Å². The van der Waals surface area contributed by atoms with E-state index in [0.717, 1.165) is 18.4 Å². The molecule has 0 saturated heterocycles. The number of hydrogen-bond acceptors (Lipinski definition) is 2. The molecule has 0 atom stereocenters. The zero-order valence-corrected chi connectivity index (χ0v) is 9.60. The summed E-state index contributed by atoms with van der Waals surface area (Å²) in [5.74, 6) is 0.261. The van der Waals surface area contributed by atoms with Gasteiger partial charge in [-0.1, -0.05) is 6.07 Å². The van der Waals surface area contributed by atoms with Gasteiger partial charge in [0.25, 0.3) is 0 Å². The molecule has 0 fully saturated rings. The molecular weight excluding hydrogens is 249 g/mol. The fourth-order valence-electron chi connectivity index (χ4n) is 1.28. The van der Waals surface area contributed by atoms with E-state index in [9.17, 15) is 4.39 Å². The number of ether oxygens (including phenoxy) is 1. The number of methoxy groups -OCH3 is 1. The maximum absolute atomic E-state index is 13.1. The molecule has 0 bridgehead atoms. The average Bonchev–Trinajstić information content (AvgIpc) is 2.20. The summed E-state index contributed by atoms with van der Waals surface area (Å²) < 4.78 is 18.6. The summed E-state index contributed by atoms with van der Waals surface area (Å²) >= 11 is 3.15. The summed E-state index contributed by atoms with van der Waals surface area (Å²) in [6.45, 7) is 0.623. The molecule has 0 aromatic heterocycles. The molecule has 2 N–H and O–H groups in total. The largest absolute Gasteiger partial charge is 0.495 e. The molecule has 14 heavy (non-hydrogen) atoms. The van der Waals surface area contributed by atoms with Crippen LogP contribution in [-0.2, 0) is 6.42 Å². The highest BCUT2D eigenvalue weighted by molar-refractivity contribution is 9.10. The van der Waals surface area contributed by atoms with Crippen LogP contribution in [0.3, 0.4) is 0 Å². The third-order valence-electron chi connectivity index (χ3n) is 1.99. The molecular formula is C10H13BrFNO. The first-order valence-electron chi connectivity index (χ1n) is 4.41. The number of nitrogens with two attached hydrogens (primary N) is 1. The van der Waals surface area contributed by atoms with Crippen molar-refractivity contribution in [1.82, 2.24) is 0 Å². The third-order valence-corrected chi connectivity index (χ3v) is 2.72. The summed E-state index contributed by atoms with van der Waals surface area (Å²) in [6.07, 6.45) is 1.67. The first-order chi connectivity index (χ1) is 6.70. The van der Waals surface area contributed by atoms with E-state index in [0.29, 0.717) is 16.8 Å². The first-order valence-corrected chi connectivity index (χ1v) is 5.21. The molecule has 4 heteroatoms. The van der Waals surface area contributed by atoms with E-state index < -0.39 is 0 Å². The van der Waals surface area contributed by atoms with Crippen LogP contribution in [0.1, 0.15) is 12.0 Å². The Hall–Kier alpha value is -0.610. The van der Waals surface area contributed by atoms with Crippen molar-refractivity contribution in [2.45, 2.75) is 12.8 Å². The second-order valence-electron chi connectivity index (χ2n) is 2.95. The van der Waals surface area contributed by atoms with E-state index in [-0.39, 0.29) is 5.82 Å². The Morgan fingerprint density at radius 3 is 2.79 bits per heavy atom. The molecule has 1 rings (SSSR count). The standard InChI is InChI=1S/C10H13BrFNO/c1-14-10-7(3-2-6-13)4-5-8(12)9(10)11/h4-5H,2-3,6,13H2,1H3. The van der Waals surface area contributed by atoms with Crippen molar-refractivity contribution in [3.05, 3.63) is 28.0 Å². The van der Waals surface area contributed by atoms with Gasteiger partial charge in [-0.05, 0) is 46.9 Å². The van der Waals surface area contributed by atoms with Crippen molar-refractivity contribution in [2.24, 2.45) is 5.73 Å². The number of rotatable bonds is 4. The molecule has 0 saturated carbocycles. The Morgan fingerprint density at radius 1 is 1.50 bits per heavy atom. The zero-order valence-electron chi connectivity index (χ0n) is 8.02. The van der Waals surface area contributed by atoms with Crippen LogP contribution in [0.5, 0.6) is 5.75 Å². The SMILES string of the molecule is COc1c(CCCN)ccc(F)c1Br. The van der Waals surface area contributed by atoms with Crippen LogP contribution in [0.2, 0.25) is 0 Å². The minimum absolute atomic E-state index is 0.307. The predicted molar refractivity (Wildman–Crippen MR) is 58.0 cm³/mol. The van der Waals surface area contributed by atoms with E-state index in [2.05, 4.69) is 15.9 Å². The van der Waals surface area contributed by atoms with E-state index in [1.54, 1.807) is 6.07 Å². The van der Waals surface area contributed by atoms with Gasteiger partial charge >= 0.3 is 0 Å². The Bertz CT molecular complexity index is 317. The molecule has 0 unspecified atom stereocenters. The van der Waals surface area contributed by atoms with Crippen LogP contribution >= 0.6 is 15.9 Å². The predicted octanol–water partition coefficient (Wildman–Crippen LogP) is 2.49. The lowest BCUT2D eigenvalue weighted by Crippen LogP contribution is -2.02. The van der Waals surface area contributed by atoms with Gasteiger partial charge in [-0.15, -0.1) is 0 Å². The van der Waals surface area contributed by atoms with Gasteiger partial charge in [0.15, 0.2) is 0 Å². The van der Waals surface area contributed by atoms with Crippen molar-refractivity contribution in [2.75, 3.05) is 13.7 Å². The maximum atomic E-state index is 13.1. The normalized spacial score (nSPS) is 10.3. The molecule has 0 amide bonds. The quantitative estimate of drug-likeness (QED) is 0.904. The highest BCUT2D eigenvalue weighted by Crippen LogP contribution is 2.32. The lowest BCUT2D eigenvalue weighted by Gasteiger charge is -2.10. The van der Waals surface area contributed by atoms with Crippen LogP contribution in [0, 0.1) is 5.82 Å². The molecule has 0 aliphatic carbocycles. The van der Waals surface area contributed by atoms with E-state index in [4.69, 9.17) is 10.5 Å². The minimum atomic E-state index is -0.307. The van der Waals surface area contributed by atoms with Crippen molar-refractivity contribution in [3.8, 4) is 5.75 Å². The molecule has 0 spiro atoms. The molecule has 1 aromatic carbocycles. The molecule has 78 valence electrons. The van der Waals surface area contributed by atoms with Gasteiger partial charge in [-0.25, -0.2) is 4.39 Å². The Balaban J connectivity index is 2.98. The summed E-state index contributed by atoms with van der Waals surface area (Å²) in [6, 6.07) is 3.16. The van der Waals surface area contributed by atoms with E-state index in [1.165, 1.54) is 13.2 Å². The van der Waals surface area contributed by atoms with Crippen LogP contribution in [-0.4, -0.2) is 13.7 Å². The summed E-state index contributed by atoms with van der Waals surface area (Å²) in [4.78, 5) is 0. The van der Waals surface area contributed by atoms with Crippen molar-refractivity contribution >= 4 is 15.9 Å². The van der Waals surface area contributed by atoms with Gasteiger partial charge in [-0.2, -0.15) is 0 Å². The van der Waals surface area contributed by atoms with Gasteiger partial charge in [0, 0.05) is 0 Å². The lowest BCUT2D eigenvalue weighted by atomic mass is 10.1. The maximum Gasteiger partial charge on any atom is 0.141 e. The monoisotopic (exact) mass is 261 g/mol. The van der Waals surface area contributed by atoms with E-state index >= 15 is 0 Å². The van der Waals surface area contributed by atoms with Gasteiger partial charge in [-0.3, -0.25) is 0 Å². The summed E-state index contributed by atoms with van der Waals surface area (Å²) in [5.41, 5.74) is 6.39. The smallest absolute Gasteiger partial charge is 0.141 e. The summed E-state index contributed by atoms with van der Waals surface area (Å²) in [5, 5.41) is 0. The number of benzene rings is 1. The fourth-order valence-corrected chi connectivity index (χ4v) is 1.83. The highest BCUT2D eigenvalue weighted by atomic mass is 79.9. The molecule has 2 nitrogen and oxygen atoms in total. The first kappa shape index (κ1) is 11.5. The van der Waals surface area contributed by atoms with Crippen LogP contribution in [0.25, 0.3) is 0 Å². The average molecular weight is 262 g/mol. The molecule has 0 radical (unpaired) electrons. The third kappa shape index (κ3) is 2.45. The van der Waals surface area contributed by atoms with Crippen molar-refractivity contribution in [1.29, 1.82) is 0 Å². The van der Waals surface area contributed by atoms with Gasteiger partial charge in [0.05, 0.1) is 11.6 Å².